The highest BCUT2D eigenvalue weighted by atomic mass is 16.5. The van der Waals surface area contributed by atoms with Crippen LogP contribution in [0.1, 0.15) is 45.4 Å². The summed E-state index contributed by atoms with van der Waals surface area (Å²) in [5, 5.41) is 6.77. The van der Waals surface area contributed by atoms with Crippen molar-refractivity contribution in [2.75, 3.05) is 27.2 Å². The third kappa shape index (κ3) is 4.16. The van der Waals surface area contributed by atoms with Crippen LogP contribution < -0.4 is 10.1 Å². The number of aromatic amines is 1. The number of hydrogen-bond acceptors (Lipinski definition) is 5. The van der Waals surface area contributed by atoms with Crippen LogP contribution >= 0.6 is 0 Å². The van der Waals surface area contributed by atoms with Gasteiger partial charge in [0, 0.05) is 44.9 Å². The van der Waals surface area contributed by atoms with Gasteiger partial charge in [-0.1, -0.05) is 0 Å². The zero-order valence-corrected chi connectivity index (χ0v) is 17.9. The summed E-state index contributed by atoms with van der Waals surface area (Å²) in [6, 6.07) is 7.44. The highest BCUT2D eigenvalue weighted by molar-refractivity contribution is 5.98. The van der Waals surface area contributed by atoms with Gasteiger partial charge < -0.3 is 19.9 Å². The first-order valence-electron chi connectivity index (χ1n) is 10.2. The first-order valence-corrected chi connectivity index (χ1v) is 10.2. The largest absolute Gasteiger partial charge is 0.497 e. The van der Waals surface area contributed by atoms with Crippen LogP contribution in [0, 0.1) is 0 Å². The average molecular weight is 422 g/mol. The van der Waals surface area contributed by atoms with Gasteiger partial charge in [-0.25, -0.2) is 4.98 Å². The summed E-state index contributed by atoms with van der Waals surface area (Å²) in [6.45, 7) is 1.23. The van der Waals surface area contributed by atoms with Crippen molar-refractivity contribution in [2.24, 2.45) is 7.05 Å². The van der Waals surface area contributed by atoms with Gasteiger partial charge in [-0.05, 0) is 37.1 Å². The molecule has 1 aromatic carbocycles. The Morgan fingerprint density at radius 1 is 1.26 bits per heavy atom. The Balaban J connectivity index is 1.61. The highest BCUT2D eigenvalue weighted by Crippen LogP contribution is 2.30. The SMILES string of the molecule is CNC(=O)c1[nH]c([C@H]2CCCN(C(=O)c3cnn(C)c3)C2)nc1-c1ccc(OC)cc1. The maximum Gasteiger partial charge on any atom is 0.269 e. The molecule has 0 spiro atoms. The highest BCUT2D eigenvalue weighted by Gasteiger charge is 2.29. The van der Waals surface area contributed by atoms with Gasteiger partial charge in [0.25, 0.3) is 11.8 Å². The molecule has 0 aliphatic carbocycles. The number of hydrogen-bond donors (Lipinski definition) is 2. The summed E-state index contributed by atoms with van der Waals surface area (Å²) in [7, 11) is 4.99. The number of ether oxygens (including phenoxy) is 1. The van der Waals surface area contributed by atoms with E-state index in [9.17, 15) is 9.59 Å². The topological polar surface area (TPSA) is 105 Å². The molecule has 4 rings (SSSR count). The van der Waals surface area contributed by atoms with Gasteiger partial charge in [-0.2, -0.15) is 5.10 Å². The molecule has 1 aliphatic heterocycles. The van der Waals surface area contributed by atoms with E-state index in [1.165, 1.54) is 0 Å². The van der Waals surface area contributed by atoms with Gasteiger partial charge in [0.2, 0.25) is 0 Å². The van der Waals surface area contributed by atoms with Crippen LogP contribution in [0.15, 0.2) is 36.7 Å². The number of piperidine rings is 1. The van der Waals surface area contributed by atoms with Crippen LogP contribution in [0.4, 0.5) is 0 Å². The monoisotopic (exact) mass is 422 g/mol. The third-order valence-corrected chi connectivity index (χ3v) is 5.59. The number of carbonyl (C=O) groups excluding carboxylic acids is 2. The Kier molecular flexibility index (Phi) is 5.75. The van der Waals surface area contributed by atoms with Gasteiger partial charge in [0.15, 0.2) is 0 Å². The van der Waals surface area contributed by atoms with E-state index in [0.717, 1.165) is 24.2 Å². The van der Waals surface area contributed by atoms with Crippen molar-refractivity contribution >= 4 is 11.8 Å². The molecule has 3 aromatic rings. The lowest BCUT2D eigenvalue weighted by Crippen LogP contribution is -2.39. The van der Waals surface area contributed by atoms with Crippen LogP contribution in [0.25, 0.3) is 11.3 Å². The number of nitrogens with one attached hydrogen (secondary N) is 2. The van der Waals surface area contributed by atoms with Crippen molar-refractivity contribution in [1.82, 2.24) is 30.0 Å². The Morgan fingerprint density at radius 2 is 2.03 bits per heavy atom. The lowest BCUT2D eigenvalue weighted by atomic mass is 9.97. The minimum absolute atomic E-state index is 0.0183. The van der Waals surface area contributed by atoms with E-state index in [2.05, 4.69) is 15.4 Å². The van der Waals surface area contributed by atoms with E-state index in [0.29, 0.717) is 35.9 Å². The van der Waals surface area contributed by atoms with Gasteiger partial charge in [0.1, 0.15) is 23.0 Å². The van der Waals surface area contributed by atoms with Crippen LogP contribution in [-0.2, 0) is 7.05 Å². The van der Waals surface area contributed by atoms with Crippen molar-refractivity contribution in [1.29, 1.82) is 0 Å². The Hall–Kier alpha value is -3.62. The number of amides is 2. The molecule has 2 aromatic heterocycles. The summed E-state index contributed by atoms with van der Waals surface area (Å²) in [5.74, 6) is 1.20. The standard InChI is InChI=1S/C22H26N6O3/c1-23-21(29)19-18(14-6-8-17(31-3)9-7-14)25-20(26-19)15-5-4-10-28(13-15)22(30)16-11-24-27(2)12-16/h6-9,11-12,15H,4-5,10,13H2,1-3H3,(H,23,29)(H,25,26)/t15-/m0/s1. The summed E-state index contributed by atoms with van der Waals surface area (Å²) in [5.41, 5.74) is 2.40. The second-order valence-electron chi connectivity index (χ2n) is 7.65. The predicted molar refractivity (Wildman–Crippen MR) is 115 cm³/mol. The van der Waals surface area contributed by atoms with Gasteiger partial charge >= 0.3 is 0 Å². The molecule has 1 saturated heterocycles. The first-order chi connectivity index (χ1) is 15.0. The van der Waals surface area contributed by atoms with E-state index in [4.69, 9.17) is 9.72 Å². The van der Waals surface area contributed by atoms with E-state index < -0.39 is 0 Å². The molecule has 0 radical (unpaired) electrons. The maximum absolute atomic E-state index is 12.9. The molecule has 0 bridgehead atoms. The second kappa shape index (κ2) is 8.63. The zero-order valence-electron chi connectivity index (χ0n) is 17.9. The van der Waals surface area contributed by atoms with Crippen molar-refractivity contribution in [3.8, 4) is 17.0 Å². The average Bonchev–Trinajstić information content (AvgIpc) is 3.45. The summed E-state index contributed by atoms with van der Waals surface area (Å²) in [4.78, 5) is 35.2. The van der Waals surface area contributed by atoms with Gasteiger partial charge in [0.05, 0.1) is 18.9 Å². The fourth-order valence-corrected chi connectivity index (χ4v) is 3.93. The van der Waals surface area contributed by atoms with Crippen LogP contribution in [0.5, 0.6) is 5.75 Å². The number of rotatable bonds is 5. The molecule has 9 nitrogen and oxygen atoms in total. The molecule has 1 fully saturated rings. The molecule has 2 N–H and O–H groups in total. The zero-order chi connectivity index (χ0) is 22.0. The minimum atomic E-state index is -0.233. The quantitative estimate of drug-likeness (QED) is 0.656. The van der Waals surface area contributed by atoms with Gasteiger partial charge in [-0.3, -0.25) is 14.3 Å². The third-order valence-electron chi connectivity index (χ3n) is 5.59. The maximum atomic E-state index is 12.9. The summed E-state index contributed by atoms with van der Waals surface area (Å²) in [6.07, 6.45) is 5.07. The smallest absolute Gasteiger partial charge is 0.269 e. The molecular formula is C22H26N6O3. The van der Waals surface area contributed by atoms with Gasteiger partial charge in [-0.15, -0.1) is 0 Å². The van der Waals surface area contributed by atoms with E-state index in [1.54, 1.807) is 38.3 Å². The van der Waals surface area contributed by atoms with Crippen molar-refractivity contribution < 1.29 is 14.3 Å². The molecule has 9 heteroatoms. The fourth-order valence-electron chi connectivity index (χ4n) is 3.93. The van der Waals surface area contributed by atoms with Crippen molar-refractivity contribution in [2.45, 2.75) is 18.8 Å². The molecule has 1 atom stereocenters. The summed E-state index contributed by atoms with van der Waals surface area (Å²) < 4.78 is 6.85. The summed E-state index contributed by atoms with van der Waals surface area (Å²) >= 11 is 0. The number of likely N-dealkylation sites (tertiary alicyclic amines) is 1. The molecule has 1 aliphatic rings. The number of carbonyl (C=O) groups is 2. The lowest BCUT2D eigenvalue weighted by molar-refractivity contribution is 0.0704. The van der Waals surface area contributed by atoms with Crippen molar-refractivity contribution in [3.63, 3.8) is 0 Å². The molecule has 0 saturated carbocycles. The number of aromatic nitrogens is 4. The Morgan fingerprint density at radius 3 is 2.68 bits per heavy atom. The second-order valence-corrected chi connectivity index (χ2v) is 7.65. The molecule has 3 heterocycles. The van der Waals surface area contributed by atoms with E-state index in [1.807, 2.05) is 29.2 Å². The number of methoxy groups -OCH3 is 1. The molecular weight excluding hydrogens is 396 g/mol. The lowest BCUT2D eigenvalue weighted by Gasteiger charge is -2.31. The molecule has 31 heavy (non-hydrogen) atoms. The number of aryl methyl sites for hydroxylation is 1. The van der Waals surface area contributed by atoms with Crippen molar-refractivity contribution in [3.05, 3.63) is 53.7 Å². The van der Waals surface area contributed by atoms with E-state index >= 15 is 0 Å². The number of benzene rings is 1. The van der Waals surface area contributed by atoms with Crippen LogP contribution in [-0.4, -0.2) is 63.7 Å². The first kappa shape index (κ1) is 20.6. The molecule has 162 valence electrons. The number of H-pyrrole nitrogens is 1. The fraction of sp³-hybridized carbons (Fsp3) is 0.364. The van der Waals surface area contributed by atoms with Crippen LogP contribution in [0.3, 0.4) is 0 Å². The number of nitrogens with zero attached hydrogens (tertiary/aromatic N) is 4. The van der Waals surface area contributed by atoms with Crippen LogP contribution in [0.2, 0.25) is 0 Å². The normalized spacial score (nSPS) is 16.2. The van der Waals surface area contributed by atoms with E-state index in [-0.39, 0.29) is 17.7 Å². The predicted octanol–water partition coefficient (Wildman–Crippen LogP) is 2.20. The minimum Gasteiger partial charge on any atom is -0.497 e. The Bertz CT molecular complexity index is 1090. The molecule has 0 unspecified atom stereocenters. The number of imidazole rings is 1. The Labute approximate surface area is 180 Å². The molecule has 2 amide bonds.